The van der Waals surface area contributed by atoms with Gasteiger partial charge in [-0.1, -0.05) is 19.1 Å². The first-order valence-electron chi connectivity index (χ1n) is 6.95. The van der Waals surface area contributed by atoms with Gasteiger partial charge in [-0.2, -0.15) is 0 Å². The number of carbonyl (C=O) groups excluding carboxylic acids is 2. The molecule has 0 saturated heterocycles. The van der Waals surface area contributed by atoms with E-state index in [2.05, 4.69) is 18.9 Å². The maximum atomic E-state index is 11.8. The molecule has 0 amide bonds. The zero-order valence-electron chi connectivity index (χ0n) is 11.6. The van der Waals surface area contributed by atoms with Crippen molar-refractivity contribution in [3.8, 4) is 12.3 Å². The molecular weight excluding hydrogens is 240 g/mol. The van der Waals surface area contributed by atoms with E-state index < -0.39 is 0 Å². The van der Waals surface area contributed by atoms with E-state index in [0.29, 0.717) is 19.3 Å². The molecule has 3 nitrogen and oxygen atoms in total. The second-order valence-electron chi connectivity index (χ2n) is 4.87. The molecule has 1 aliphatic carbocycles. The van der Waals surface area contributed by atoms with Gasteiger partial charge in [-0.25, -0.2) is 0 Å². The lowest BCUT2D eigenvalue weighted by Crippen LogP contribution is -2.19. The highest BCUT2D eigenvalue weighted by molar-refractivity contribution is 5.84. The first kappa shape index (κ1) is 15.5. The summed E-state index contributed by atoms with van der Waals surface area (Å²) >= 11 is 0. The molecule has 1 aliphatic rings. The van der Waals surface area contributed by atoms with Gasteiger partial charge in [0, 0.05) is 25.2 Å². The Kier molecular flexibility index (Phi) is 6.95. The number of hydrogen-bond donors (Lipinski definition) is 0. The summed E-state index contributed by atoms with van der Waals surface area (Å²) in [6.45, 7) is 2.34. The molecule has 0 aromatic heterocycles. The van der Waals surface area contributed by atoms with E-state index in [1.54, 1.807) is 0 Å². The van der Waals surface area contributed by atoms with Crippen molar-refractivity contribution < 1.29 is 14.3 Å². The van der Waals surface area contributed by atoms with E-state index in [-0.39, 0.29) is 30.2 Å². The fourth-order valence-corrected chi connectivity index (χ4v) is 2.45. The molecule has 0 radical (unpaired) electrons. The van der Waals surface area contributed by atoms with Crippen molar-refractivity contribution in [2.45, 2.75) is 45.4 Å². The summed E-state index contributed by atoms with van der Waals surface area (Å²) in [5, 5.41) is 0. The van der Waals surface area contributed by atoms with E-state index >= 15 is 0 Å². The van der Waals surface area contributed by atoms with E-state index in [1.807, 2.05) is 6.08 Å². The molecule has 0 heterocycles. The summed E-state index contributed by atoms with van der Waals surface area (Å²) in [6, 6.07) is 0. The Morgan fingerprint density at radius 1 is 1.53 bits per heavy atom. The minimum Gasteiger partial charge on any atom is -0.465 e. The highest BCUT2D eigenvalue weighted by Gasteiger charge is 2.35. The zero-order valence-corrected chi connectivity index (χ0v) is 11.6. The zero-order chi connectivity index (χ0) is 14.1. The SMILES string of the molecule is C#CCCOC(=O)CC1CCC(=O)C1CC=CCC. The molecule has 2 atom stereocenters. The third-order valence-electron chi connectivity index (χ3n) is 3.47. The van der Waals surface area contributed by atoms with Crippen molar-refractivity contribution in [3.05, 3.63) is 12.2 Å². The molecule has 0 aromatic rings. The van der Waals surface area contributed by atoms with Crippen molar-refractivity contribution in [1.82, 2.24) is 0 Å². The Morgan fingerprint density at radius 2 is 2.32 bits per heavy atom. The summed E-state index contributed by atoms with van der Waals surface area (Å²) < 4.78 is 5.04. The predicted octanol–water partition coefficient (Wildman–Crippen LogP) is 2.89. The van der Waals surface area contributed by atoms with Crippen molar-refractivity contribution in [3.63, 3.8) is 0 Å². The van der Waals surface area contributed by atoms with E-state index in [9.17, 15) is 9.59 Å². The molecule has 0 aromatic carbocycles. The van der Waals surface area contributed by atoms with Crippen LogP contribution in [-0.4, -0.2) is 18.4 Å². The molecule has 1 rings (SSSR count). The van der Waals surface area contributed by atoms with Crippen LogP contribution in [0, 0.1) is 24.2 Å². The normalized spacial score (nSPS) is 22.6. The summed E-state index contributed by atoms with van der Waals surface area (Å²) in [5.41, 5.74) is 0. The molecule has 0 aliphatic heterocycles. The van der Waals surface area contributed by atoms with Crippen molar-refractivity contribution in [2.75, 3.05) is 6.61 Å². The second-order valence-corrected chi connectivity index (χ2v) is 4.87. The quantitative estimate of drug-likeness (QED) is 0.307. The van der Waals surface area contributed by atoms with Crippen molar-refractivity contribution in [1.29, 1.82) is 0 Å². The Morgan fingerprint density at radius 3 is 3.00 bits per heavy atom. The van der Waals surface area contributed by atoms with Gasteiger partial charge in [0.2, 0.25) is 0 Å². The lowest BCUT2D eigenvalue weighted by molar-refractivity contribution is -0.144. The van der Waals surface area contributed by atoms with Gasteiger partial charge in [0.15, 0.2) is 0 Å². The number of terminal acetylenes is 1. The number of carbonyl (C=O) groups is 2. The summed E-state index contributed by atoms with van der Waals surface area (Å²) in [5.74, 6) is 2.59. The topological polar surface area (TPSA) is 43.4 Å². The Balaban J connectivity index is 2.42. The Labute approximate surface area is 115 Å². The number of allylic oxidation sites excluding steroid dienone is 2. The molecule has 2 unspecified atom stereocenters. The van der Waals surface area contributed by atoms with Crippen LogP contribution in [0.1, 0.15) is 45.4 Å². The minimum absolute atomic E-state index is 0.0111. The van der Waals surface area contributed by atoms with Crippen molar-refractivity contribution in [2.24, 2.45) is 11.8 Å². The number of esters is 1. The third kappa shape index (κ3) is 5.30. The van der Waals surface area contributed by atoms with Gasteiger partial charge in [-0.15, -0.1) is 12.3 Å². The summed E-state index contributed by atoms with van der Waals surface area (Å²) in [6.07, 6.45) is 13.1. The molecular formula is C16H22O3. The number of hydrogen-bond acceptors (Lipinski definition) is 3. The first-order valence-corrected chi connectivity index (χ1v) is 6.95. The highest BCUT2D eigenvalue weighted by Crippen LogP contribution is 2.34. The average Bonchev–Trinajstić information content (AvgIpc) is 2.72. The average molecular weight is 262 g/mol. The van der Waals surface area contributed by atoms with Gasteiger partial charge in [0.1, 0.15) is 12.4 Å². The van der Waals surface area contributed by atoms with E-state index in [4.69, 9.17) is 11.2 Å². The first-order chi connectivity index (χ1) is 9.19. The lowest BCUT2D eigenvalue weighted by Gasteiger charge is -2.15. The Bertz CT molecular complexity index is 376. The van der Waals surface area contributed by atoms with Gasteiger partial charge < -0.3 is 4.74 Å². The van der Waals surface area contributed by atoms with Crippen LogP contribution in [0.5, 0.6) is 0 Å². The monoisotopic (exact) mass is 262 g/mol. The van der Waals surface area contributed by atoms with E-state index in [0.717, 1.165) is 19.3 Å². The third-order valence-corrected chi connectivity index (χ3v) is 3.47. The maximum Gasteiger partial charge on any atom is 0.306 e. The van der Waals surface area contributed by atoms with Crippen LogP contribution in [-0.2, 0) is 14.3 Å². The standard InChI is InChI=1S/C16H22O3/c1-3-5-7-8-14-13(9-10-15(14)17)12-16(18)19-11-6-4-2/h2,5,7,13-14H,3,6,8-12H2,1H3. The molecule has 0 spiro atoms. The fraction of sp³-hybridized carbons (Fsp3) is 0.625. The van der Waals surface area contributed by atoms with Gasteiger partial charge in [-0.3, -0.25) is 9.59 Å². The fourth-order valence-electron chi connectivity index (χ4n) is 2.45. The van der Waals surface area contributed by atoms with Gasteiger partial charge >= 0.3 is 5.97 Å². The molecule has 1 saturated carbocycles. The van der Waals surface area contributed by atoms with Gasteiger partial charge in [0.25, 0.3) is 0 Å². The van der Waals surface area contributed by atoms with Crippen LogP contribution < -0.4 is 0 Å². The number of ether oxygens (including phenoxy) is 1. The van der Waals surface area contributed by atoms with Crippen molar-refractivity contribution >= 4 is 11.8 Å². The van der Waals surface area contributed by atoms with Crippen LogP contribution in [0.3, 0.4) is 0 Å². The molecule has 3 heteroatoms. The largest absolute Gasteiger partial charge is 0.465 e. The summed E-state index contributed by atoms with van der Waals surface area (Å²) in [7, 11) is 0. The highest BCUT2D eigenvalue weighted by atomic mass is 16.5. The smallest absolute Gasteiger partial charge is 0.306 e. The molecule has 0 N–H and O–H groups in total. The number of rotatable bonds is 7. The van der Waals surface area contributed by atoms with Crippen LogP contribution in [0.2, 0.25) is 0 Å². The minimum atomic E-state index is -0.237. The van der Waals surface area contributed by atoms with E-state index in [1.165, 1.54) is 0 Å². The molecule has 19 heavy (non-hydrogen) atoms. The van der Waals surface area contributed by atoms with Crippen LogP contribution in [0.4, 0.5) is 0 Å². The number of Topliss-reactive ketones (excluding diaryl/α,β-unsaturated/α-hetero) is 1. The van der Waals surface area contributed by atoms with Gasteiger partial charge in [-0.05, 0) is 25.2 Å². The maximum absolute atomic E-state index is 11.8. The van der Waals surface area contributed by atoms with Crippen LogP contribution in [0.15, 0.2) is 12.2 Å². The lowest BCUT2D eigenvalue weighted by atomic mass is 9.89. The summed E-state index contributed by atoms with van der Waals surface area (Å²) in [4.78, 5) is 23.4. The second kappa shape index (κ2) is 8.53. The Hall–Kier alpha value is -1.56. The number of ketones is 1. The van der Waals surface area contributed by atoms with Crippen LogP contribution in [0.25, 0.3) is 0 Å². The molecule has 104 valence electrons. The van der Waals surface area contributed by atoms with Crippen LogP contribution >= 0.6 is 0 Å². The molecule has 0 bridgehead atoms. The molecule has 1 fully saturated rings. The predicted molar refractivity (Wildman–Crippen MR) is 74.3 cm³/mol. The van der Waals surface area contributed by atoms with Gasteiger partial charge in [0.05, 0.1) is 0 Å².